The molecule has 2 aliphatic rings. The molecule has 0 aliphatic carbocycles. The lowest BCUT2D eigenvalue weighted by Crippen LogP contribution is -2.41. The Hall–Kier alpha value is -2.86. The summed E-state index contributed by atoms with van der Waals surface area (Å²) in [6, 6.07) is 15.8. The van der Waals surface area contributed by atoms with E-state index in [4.69, 9.17) is 9.47 Å². The number of hydrogen-bond donors (Lipinski definition) is 0. The summed E-state index contributed by atoms with van der Waals surface area (Å²) in [5, 5.41) is 5.73. The normalized spacial score (nSPS) is 18.0. The van der Waals surface area contributed by atoms with Gasteiger partial charge in [0.15, 0.2) is 0 Å². The number of nitrogens with zero attached hydrogens (tertiary/aromatic N) is 3. The van der Waals surface area contributed by atoms with Crippen molar-refractivity contribution >= 4 is 17.0 Å². The van der Waals surface area contributed by atoms with Crippen molar-refractivity contribution in [3.05, 3.63) is 54.2 Å². The Morgan fingerprint density at radius 1 is 1.03 bits per heavy atom. The van der Waals surface area contributed by atoms with Gasteiger partial charge in [0.1, 0.15) is 5.60 Å². The molecule has 0 unspecified atom stereocenters. The van der Waals surface area contributed by atoms with E-state index in [1.54, 1.807) is 0 Å². The van der Waals surface area contributed by atoms with Crippen LogP contribution in [0.5, 0.6) is 0 Å². The monoisotopic (exact) mass is 433 g/mol. The molecule has 168 valence electrons. The highest BCUT2D eigenvalue weighted by Gasteiger charge is 2.27. The van der Waals surface area contributed by atoms with E-state index < -0.39 is 5.60 Å². The Labute approximate surface area is 189 Å². The van der Waals surface area contributed by atoms with Gasteiger partial charge in [0.25, 0.3) is 0 Å². The van der Waals surface area contributed by atoms with Gasteiger partial charge in [0, 0.05) is 18.5 Å². The van der Waals surface area contributed by atoms with Gasteiger partial charge in [-0.1, -0.05) is 36.4 Å². The fraction of sp³-hybridized carbons (Fsp3) is 0.462. The smallest absolute Gasteiger partial charge is 0.410 e. The zero-order valence-corrected chi connectivity index (χ0v) is 19.1. The molecule has 0 saturated carbocycles. The summed E-state index contributed by atoms with van der Waals surface area (Å²) in [6.45, 7) is 8.69. The number of rotatable bonds is 3. The van der Waals surface area contributed by atoms with Crippen molar-refractivity contribution in [3.8, 4) is 11.1 Å². The summed E-state index contributed by atoms with van der Waals surface area (Å²) in [4.78, 5) is 14.1. The van der Waals surface area contributed by atoms with E-state index in [9.17, 15) is 4.79 Å². The Balaban J connectivity index is 1.26. The Morgan fingerprint density at radius 2 is 1.72 bits per heavy atom. The largest absolute Gasteiger partial charge is 0.444 e. The second-order valence-corrected chi connectivity index (χ2v) is 9.92. The van der Waals surface area contributed by atoms with Gasteiger partial charge in [0.2, 0.25) is 0 Å². The molecule has 2 aromatic carbocycles. The Kier molecular flexibility index (Phi) is 5.41. The lowest BCUT2D eigenvalue weighted by Gasteiger charge is -2.33. The number of aromatic nitrogens is 2. The molecule has 2 saturated heterocycles. The van der Waals surface area contributed by atoms with Crippen molar-refractivity contribution in [2.75, 3.05) is 26.3 Å². The minimum Gasteiger partial charge on any atom is -0.444 e. The van der Waals surface area contributed by atoms with Crippen molar-refractivity contribution in [1.29, 1.82) is 0 Å². The Morgan fingerprint density at radius 3 is 2.34 bits per heavy atom. The summed E-state index contributed by atoms with van der Waals surface area (Å²) < 4.78 is 13.0. The van der Waals surface area contributed by atoms with Gasteiger partial charge in [-0.05, 0) is 62.3 Å². The molecule has 0 spiro atoms. The fourth-order valence-electron chi connectivity index (χ4n) is 4.54. The first kappa shape index (κ1) is 21.0. The zero-order valence-electron chi connectivity index (χ0n) is 19.1. The lowest BCUT2D eigenvalue weighted by atomic mass is 9.88. The van der Waals surface area contributed by atoms with E-state index in [2.05, 4.69) is 52.2 Å². The molecule has 0 bridgehead atoms. The molecule has 0 N–H and O–H groups in total. The van der Waals surface area contributed by atoms with Crippen LogP contribution in [0.25, 0.3) is 22.0 Å². The molecular weight excluding hydrogens is 402 g/mol. The van der Waals surface area contributed by atoms with Crippen LogP contribution in [0.3, 0.4) is 0 Å². The third-order valence-electron chi connectivity index (χ3n) is 6.43. The van der Waals surface area contributed by atoms with E-state index in [0.717, 1.165) is 50.0 Å². The molecule has 2 fully saturated rings. The van der Waals surface area contributed by atoms with E-state index in [1.807, 2.05) is 31.9 Å². The van der Waals surface area contributed by atoms with Crippen LogP contribution in [0.4, 0.5) is 4.79 Å². The van der Waals surface area contributed by atoms with E-state index >= 15 is 0 Å². The highest BCUT2D eigenvalue weighted by molar-refractivity contribution is 5.84. The number of likely N-dealkylation sites (tertiary alicyclic amines) is 1. The zero-order chi connectivity index (χ0) is 22.3. The van der Waals surface area contributed by atoms with Crippen LogP contribution in [0.2, 0.25) is 0 Å². The predicted molar refractivity (Wildman–Crippen MR) is 125 cm³/mol. The first-order valence-corrected chi connectivity index (χ1v) is 11.5. The molecule has 0 radical (unpaired) electrons. The molecule has 2 aliphatic heterocycles. The van der Waals surface area contributed by atoms with Gasteiger partial charge in [-0.3, -0.25) is 4.68 Å². The number of piperidine rings is 1. The van der Waals surface area contributed by atoms with Gasteiger partial charge < -0.3 is 14.4 Å². The minimum absolute atomic E-state index is 0.200. The van der Waals surface area contributed by atoms with Gasteiger partial charge in [-0.25, -0.2) is 4.79 Å². The van der Waals surface area contributed by atoms with Crippen LogP contribution in [0.1, 0.15) is 51.1 Å². The number of hydrogen-bond acceptors (Lipinski definition) is 4. The maximum Gasteiger partial charge on any atom is 0.410 e. The second-order valence-electron chi connectivity index (χ2n) is 9.92. The predicted octanol–water partition coefficient (Wildman–Crippen LogP) is 5.39. The maximum atomic E-state index is 12.3. The van der Waals surface area contributed by atoms with Crippen LogP contribution in [-0.2, 0) is 9.47 Å². The van der Waals surface area contributed by atoms with Crippen molar-refractivity contribution in [1.82, 2.24) is 14.7 Å². The molecule has 6 nitrogen and oxygen atoms in total. The number of benzene rings is 2. The molecule has 1 amide bonds. The SMILES string of the molecule is CC(C)(C)OC(=O)N1CCC(c2ccc(-c3ccc4cnn(C5COC5)c4c3)cc2)CC1. The maximum absolute atomic E-state index is 12.3. The fourth-order valence-corrected chi connectivity index (χ4v) is 4.54. The average molecular weight is 434 g/mol. The third kappa shape index (κ3) is 4.24. The highest BCUT2D eigenvalue weighted by Crippen LogP contribution is 2.32. The van der Waals surface area contributed by atoms with Crippen LogP contribution in [-0.4, -0.2) is 52.7 Å². The summed E-state index contributed by atoms with van der Waals surface area (Å²) in [6.07, 6.45) is 3.67. The number of carbonyl (C=O) groups excluding carboxylic acids is 1. The highest BCUT2D eigenvalue weighted by atomic mass is 16.6. The van der Waals surface area contributed by atoms with Gasteiger partial charge in [0.05, 0.1) is 31.0 Å². The van der Waals surface area contributed by atoms with Crippen LogP contribution in [0, 0.1) is 0 Å². The molecule has 3 aromatic rings. The summed E-state index contributed by atoms with van der Waals surface area (Å²) in [7, 11) is 0. The summed E-state index contributed by atoms with van der Waals surface area (Å²) >= 11 is 0. The van der Waals surface area contributed by atoms with Gasteiger partial charge >= 0.3 is 6.09 Å². The van der Waals surface area contributed by atoms with Crippen molar-refractivity contribution in [2.24, 2.45) is 0 Å². The van der Waals surface area contributed by atoms with Crippen molar-refractivity contribution in [3.63, 3.8) is 0 Å². The minimum atomic E-state index is -0.448. The lowest BCUT2D eigenvalue weighted by molar-refractivity contribution is -0.0266. The summed E-state index contributed by atoms with van der Waals surface area (Å²) in [5.41, 5.74) is 4.46. The van der Waals surface area contributed by atoms with E-state index in [-0.39, 0.29) is 6.09 Å². The van der Waals surface area contributed by atoms with E-state index in [0.29, 0.717) is 12.0 Å². The average Bonchev–Trinajstić information content (AvgIpc) is 3.14. The molecule has 3 heterocycles. The first-order chi connectivity index (χ1) is 15.4. The molecule has 32 heavy (non-hydrogen) atoms. The first-order valence-electron chi connectivity index (χ1n) is 11.5. The topological polar surface area (TPSA) is 56.6 Å². The number of carbonyl (C=O) groups is 1. The second kappa shape index (κ2) is 8.24. The van der Waals surface area contributed by atoms with Crippen molar-refractivity contribution in [2.45, 2.75) is 51.2 Å². The summed E-state index contributed by atoms with van der Waals surface area (Å²) in [5.74, 6) is 0.477. The standard InChI is InChI=1S/C26H31N3O3/c1-26(2,3)32-25(30)28-12-10-20(11-13-28)18-4-6-19(7-5-18)21-8-9-22-15-27-29(24(22)14-21)23-16-31-17-23/h4-9,14-15,20,23H,10-13,16-17H2,1-3H3. The van der Waals surface area contributed by atoms with Gasteiger partial charge in [-0.2, -0.15) is 5.10 Å². The number of ether oxygens (including phenoxy) is 2. The van der Waals surface area contributed by atoms with E-state index in [1.165, 1.54) is 16.7 Å². The van der Waals surface area contributed by atoms with Crippen LogP contribution < -0.4 is 0 Å². The quantitative estimate of drug-likeness (QED) is 0.556. The molecule has 1 aromatic heterocycles. The van der Waals surface area contributed by atoms with Crippen LogP contribution >= 0.6 is 0 Å². The number of amides is 1. The van der Waals surface area contributed by atoms with Gasteiger partial charge in [-0.15, -0.1) is 0 Å². The Bertz CT molecular complexity index is 1100. The third-order valence-corrected chi connectivity index (χ3v) is 6.43. The molecule has 0 atom stereocenters. The molecule has 5 rings (SSSR count). The van der Waals surface area contributed by atoms with Crippen molar-refractivity contribution < 1.29 is 14.3 Å². The molecule has 6 heteroatoms. The molecular formula is C26H31N3O3. The number of fused-ring (bicyclic) bond motifs is 1. The van der Waals surface area contributed by atoms with Crippen LogP contribution in [0.15, 0.2) is 48.7 Å².